The molecular formula is C13H8Cl2FNO. The highest BCUT2D eigenvalue weighted by atomic mass is 35.5. The van der Waals surface area contributed by atoms with Crippen LogP contribution in [-0.4, -0.2) is 5.78 Å². The molecule has 92 valence electrons. The van der Waals surface area contributed by atoms with Gasteiger partial charge in [-0.05, 0) is 36.4 Å². The maximum atomic E-state index is 13.3. The van der Waals surface area contributed by atoms with Crippen LogP contribution in [0.3, 0.4) is 0 Å². The third-order valence-corrected chi connectivity index (χ3v) is 3.00. The van der Waals surface area contributed by atoms with E-state index in [-0.39, 0.29) is 21.8 Å². The summed E-state index contributed by atoms with van der Waals surface area (Å²) in [5.74, 6) is -1.04. The number of halogens is 3. The molecule has 2 N–H and O–H groups in total. The summed E-state index contributed by atoms with van der Waals surface area (Å²) in [6, 6.07) is 8.39. The molecular weight excluding hydrogens is 276 g/mol. The molecule has 0 aliphatic rings. The summed E-state index contributed by atoms with van der Waals surface area (Å²) >= 11 is 11.7. The summed E-state index contributed by atoms with van der Waals surface area (Å²) in [4.78, 5) is 12.1. The lowest BCUT2D eigenvalue weighted by Gasteiger charge is -2.05. The zero-order valence-corrected chi connectivity index (χ0v) is 10.6. The van der Waals surface area contributed by atoms with E-state index in [0.29, 0.717) is 5.02 Å². The van der Waals surface area contributed by atoms with Crippen LogP contribution >= 0.6 is 23.2 Å². The number of rotatable bonds is 2. The number of benzene rings is 2. The van der Waals surface area contributed by atoms with E-state index in [0.717, 1.165) is 6.07 Å². The van der Waals surface area contributed by atoms with E-state index in [9.17, 15) is 9.18 Å². The number of carbonyl (C=O) groups is 1. The van der Waals surface area contributed by atoms with Crippen LogP contribution in [0, 0.1) is 5.82 Å². The highest BCUT2D eigenvalue weighted by Crippen LogP contribution is 2.24. The molecule has 0 radical (unpaired) electrons. The van der Waals surface area contributed by atoms with Gasteiger partial charge in [-0.15, -0.1) is 0 Å². The topological polar surface area (TPSA) is 43.1 Å². The third-order valence-electron chi connectivity index (χ3n) is 2.44. The Balaban J connectivity index is 2.47. The molecule has 0 bridgehead atoms. The van der Waals surface area contributed by atoms with Crippen molar-refractivity contribution in [3.05, 3.63) is 63.4 Å². The number of ketones is 1. The van der Waals surface area contributed by atoms with Crippen LogP contribution < -0.4 is 5.73 Å². The molecule has 0 fully saturated rings. The highest BCUT2D eigenvalue weighted by Gasteiger charge is 2.14. The van der Waals surface area contributed by atoms with Gasteiger partial charge in [-0.3, -0.25) is 4.79 Å². The molecule has 0 saturated carbocycles. The van der Waals surface area contributed by atoms with Crippen LogP contribution in [0.4, 0.5) is 10.1 Å². The Kier molecular flexibility index (Phi) is 3.55. The summed E-state index contributed by atoms with van der Waals surface area (Å²) in [5, 5.41) is 0.653. The molecule has 0 aliphatic heterocycles. The lowest BCUT2D eigenvalue weighted by molar-refractivity contribution is 0.103. The highest BCUT2D eigenvalue weighted by molar-refractivity contribution is 6.36. The first-order valence-electron chi connectivity index (χ1n) is 5.04. The average molecular weight is 284 g/mol. The second kappa shape index (κ2) is 4.96. The minimum absolute atomic E-state index is 0.0104. The summed E-state index contributed by atoms with van der Waals surface area (Å²) in [7, 11) is 0. The van der Waals surface area contributed by atoms with Crippen LogP contribution in [0.5, 0.6) is 0 Å². The minimum atomic E-state index is -0.640. The van der Waals surface area contributed by atoms with Crippen molar-refractivity contribution in [2.75, 3.05) is 5.73 Å². The van der Waals surface area contributed by atoms with Crippen molar-refractivity contribution in [3.8, 4) is 0 Å². The summed E-state index contributed by atoms with van der Waals surface area (Å²) in [5.41, 5.74) is 5.74. The fourth-order valence-electron chi connectivity index (χ4n) is 1.50. The molecule has 0 saturated heterocycles. The molecule has 0 unspecified atom stereocenters. The molecule has 5 heteroatoms. The van der Waals surface area contributed by atoms with E-state index in [1.165, 1.54) is 24.3 Å². The first kappa shape index (κ1) is 12.9. The lowest BCUT2D eigenvalue weighted by Crippen LogP contribution is -2.04. The van der Waals surface area contributed by atoms with Crippen molar-refractivity contribution < 1.29 is 9.18 Å². The van der Waals surface area contributed by atoms with Gasteiger partial charge in [0.2, 0.25) is 0 Å². The normalized spacial score (nSPS) is 10.4. The average Bonchev–Trinajstić information content (AvgIpc) is 2.35. The Morgan fingerprint density at radius 3 is 2.50 bits per heavy atom. The quantitative estimate of drug-likeness (QED) is 0.670. The molecule has 0 aromatic heterocycles. The fraction of sp³-hybridized carbons (Fsp3) is 0. The van der Waals surface area contributed by atoms with Gasteiger partial charge >= 0.3 is 0 Å². The first-order valence-corrected chi connectivity index (χ1v) is 5.79. The Bertz CT molecular complexity index is 628. The molecule has 0 atom stereocenters. The number of anilines is 1. The van der Waals surface area contributed by atoms with Gasteiger partial charge in [-0.1, -0.05) is 23.2 Å². The number of hydrogen-bond donors (Lipinski definition) is 1. The molecule has 18 heavy (non-hydrogen) atoms. The maximum Gasteiger partial charge on any atom is 0.194 e. The van der Waals surface area contributed by atoms with Gasteiger partial charge in [-0.2, -0.15) is 0 Å². The fourth-order valence-corrected chi connectivity index (χ4v) is 1.87. The molecule has 2 aromatic carbocycles. The van der Waals surface area contributed by atoms with Gasteiger partial charge in [-0.25, -0.2) is 4.39 Å². The van der Waals surface area contributed by atoms with E-state index in [4.69, 9.17) is 28.9 Å². The van der Waals surface area contributed by atoms with Gasteiger partial charge in [0.1, 0.15) is 5.82 Å². The number of nitrogen functional groups attached to an aromatic ring is 1. The van der Waals surface area contributed by atoms with Crippen LogP contribution in [0.1, 0.15) is 15.9 Å². The number of hydrogen-bond acceptors (Lipinski definition) is 2. The van der Waals surface area contributed by atoms with Crippen molar-refractivity contribution in [2.45, 2.75) is 0 Å². The molecule has 2 rings (SSSR count). The smallest absolute Gasteiger partial charge is 0.194 e. The van der Waals surface area contributed by atoms with Crippen molar-refractivity contribution in [1.29, 1.82) is 0 Å². The summed E-state index contributed by atoms with van der Waals surface area (Å²) < 4.78 is 13.3. The van der Waals surface area contributed by atoms with Crippen LogP contribution in [0.2, 0.25) is 10.0 Å². The Morgan fingerprint density at radius 2 is 1.83 bits per heavy atom. The van der Waals surface area contributed by atoms with E-state index in [2.05, 4.69) is 0 Å². The molecule has 2 aromatic rings. The van der Waals surface area contributed by atoms with E-state index in [1.807, 2.05) is 0 Å². The zero-order chi connectivity index (χ0) is 13.3. The molecule has 0 heterocycles. The largest absolute Gasteiger partial charge is 0.396 e. The summed E-state index contributed by atoms with van der Waals surface area (Å²) in [6.45, 7) is 0. The van der Waals surface area contributed by atoms with Crippen molar-refractivity contribution in [1.82, 2.24) is 0 Å². The Hall–Kier alpha value is -1.58. The zero-order valence-electron chi connectivity index (χ0n) is 9.08. The van der Waals surface area contributed by atoms with Crippen LogP contribution in [0.15, 0.2) is 36.4 Å². The van der Waals surface area contributed by atoms with Crippen LogP contribution in [0.25, 0.3) is 0 Å². The van der Waals surface area contributed by atoms with E-state index < -0.39 is 11.6 Å². The second-order valence-electron chi connectivity index (χ2n) is 3.69. The van der Waals surface area contributed by atoms with Gasteiger partial charge in [0.05, 0.1) is 10.7 Å². The molecule has 2 nitrogen and oxygen atoms in total. The Morgan fingerprint density at radius 1 is 1.11 bits per heavy atom. The first-order chi connectivity index (χ1) is 8.49. The summed E-state index contributed by atoms with van der Waals surface area (Å²) in [6.07, 6.45) is 0. The predicted molar refractivity (Wildman–Crippen MR) is 70.7 cm³/mol. The van der Waals surface area contributed by atoms with Gasteiger partial charge < -0.3 is 5.73 Å². The van der Waals surface area contributed by atoms with Crippen molar-refractivity contribution >= 4 is 34.7 Å². The maximum absolute atomic E-state index is 13.3. The van der Waals surface area contributed by atoms with Crippen molar-refractivity contribution in [3.63, 3.8) is 0 Å². The number of nitrogens with two attached hydrogens (primary N) is 1. The standard InChI is InChI=1S/C13H8Cl2FNO/c14-8-2-3-10(15)9(6-8)13(18)7-1-4-12(17)11(16)5-7/h1-6H,17H2. The van der Waals surface area contributed by atoms with E-state index >= 15 is 0 Å². The second-order valence-corrected chi connectivity index (χ2v) is 4.53. The monoisotopic (exact) mass is 283 g/mol. The lowest BCUT2D eigenvalue weighted by atomic mass is 10.0. The van der Waals surface area contributed by atoms with Crippen molar-refractivity contribution in [2.24, 2.45) is 0 Å². The molecule has 0 aliphatic carbocycles. The third kappa shape index (κ3) is 2.47. The van der Waals surface area contributed by atoms with Crippen LogP contribution in [-0.2, 0) is 0 Å². The van der Waals surface area contributed by atoms with E-state index in [1.54, 1.807) is 6.07 Å². The van der Waals surface area contributed by atoms with Gasteiger partial charge in [0.15, 0.2) is 5.78 Å². The predicted octanol–water partition coefficient (Wildman–Crippen LogP) is 3.95. The Labute approximate surface area is 113 Å². The minimum Gasteiger partial charge on any atom is -0.396 e. The molecule has 0 spiro atoms. The SMILES string of the molecule is Nc1ccc(C(=O)c2cc(Cl)ccc2Cl)cc1F. The molecule has 0 amide bonds. The number of carbonyl (C=O) groups excluding carboxylic acids is 1. The van der Waals surface area contributed by atoms with Gasteiger partial charge in [0, 0.05) is 16.1 Å². The van der Waals surface area contributed by atoms with Gasteiger partial charge in [0.25, 0.3) is 0 Å².